The van der Waals surface area contributed by atoms with Crippen LogP contribution in [0.4, 0.5) is 0 Å². The first-order chi connectivity index (χ1) is 14.5. The van der Waals surface area contributed by atoms with Gasteiger partial charge in [0.1, 0.15) is 7.05 Å². The summed E-state index contributed by atoms with van der Waals surface area (Å²) in [4.78, 5) is 0. The van der Waals surface area contributed by atoms with E-state index in [0.29, 0.717) is 5.92 Å². The Balaban J connectivity index is 1.99. The van der Waals surface area contributed by atoms with Crippen LogP contribution in [-0.2, 0) is 13.5 Å². The molecule has 3 heterocycles. The van der Waals surface area contributed by atoms with Crippen LogP contribution in [0.15, 0.2) is 54.7 Å². The molecule has 0 aliphatic rings. The number of aromatic nitrogens is 2. The molecule has 0 aliphatic heterocycles. The lowest BCUT2D eigenvalue weighted by molar-refractivity contribution is -0.643. The highest BCUT2D eigenvalue weighted by Crippen LogP contribution is 2.41. The molecule has 2 nitrogen and oxygen atoms in total. The molecule has 0 aliphatic carbocycles. The molecule has 2 heteroatoms. The lowest BCUT2D eigenvalue weighted by Crippen LogP contribution is -2.29. The number of benzene rings is 3. The van der Waals surface area contributed by atoms with Gasteiger partial charge < -0.3 is 4.40 Å². The molecule has 0 amide bonds. The molecule has 0 atom stereocenters. The minimum absolute atomic E-state index is 0.649. The van der Waals surface area contributed by atoms with Crippen LogP contribution in [0.25, 0.3) is 49.0 Å². The molecule has 0 spiro atoms. The first-order valence-electron chi connectivity index (χ1n) is 10.9. The van der Waals surface area contributed by atoms with E-state index in [1.54, 1.807) is 0 Å². The lowest BCUT2D eigenvalue weighted by atomic mass is 9.96. The van der Waals surface area contributed by atoms with Crippen LogP contribution in [0.3, 0.4) is 0 Å². The lowest BCUT2D eigenvalue weighted by Gasteiger charge is -2.14. The van der Waals surface area contributed by atoms with E-state index < -0.39 is 0 Å². The van der Waals surface area contributed by atoms with Crippen LogP contribution in [0, 0.1) is 19.8 Å². The number of hydrogen-bond acceptors (Lipinski definition) is 0. The molecule has 0 bridgehead atoms. The average Bonchev–Trinajstić information content (AvgIpc) is 3.03. The summed E-state index contributed by atoms with van der Waals surface area (Å²) in [7, 11) is 2.18. The maximum atomic E-state index is 2.53. The zero-order chi connectivity index (χ0) is 20.7. The van der Waals surface area contributed by atoms with Crippen molar-refractivity contribution in [2.75, 3.05) is 0 Å². The van der Waals surface area contributed by atoms with E-state index >= 15 is 0 Å². The fraction of sp³-hybridized carbons (Fsp3) is 0.250. The normalized spacial score (nSPS) is 12.6. The number of aryl methyl sites for hydroxylation is 3. The number of hydrogen-bond donors (Lipinski definition) is 0. The fourth-order valence-corrected chi connectivity index (χ4v) is 5.47. The molecule has 0 N–H and O–H groups in total. The molecule has 3 aromatic carbocycles. The summed E-state index contributed by atoms with van der Waals surface area (Å²) in [6.45, 7) is 9.13. The number of fused-ring (bicyclic) bond motifs is 5. The number of rotatable bonds is 2. The molecular formula is C28H27N2+. The third-order valence-corrected chi connectivity index (χ3v) is 6.90. The Kier molecular flexibility index (Phi) is 3.51. The van der Waals surface area contributed by atoms with Gasteiger partial charge in [-0.3, -0.25) is 0 Å². The van der Waals surface area contributed by atoms with Gasteiger partial charge in [-0.2, -0.15) is 0 Å². The van der Waals surface area contributed by atoms with Gasteiger partial charge in [0, 0.05) is 16.8 Å². The van der Waals surface area contributed by atoms with Crippen LogP contribution in [0.2, 0.25) is 0 Å². The van der Waals surface area contributed by atoms with Crippen molar-refractivity contribution in [3.63, 3.8) is 0 Å². The molecule has 0 unspecified atom stereocenters. The molecular weight excluding hydrogens is 364 g/mol. The van der Waals surface area contributed by atoms with E-state index in [-0.39, 0.29) is 0 Å². The second-order valence-electron chi connectivity index (χ2n) is 9.39. The first kappa shape index (κ1) is 17.7. The second-order valence-corrected chi connectivity index (χ2v) is 9.39. The summed E-state index contributed by atoms with van der Waals surface area (Å²) in [6.07, 6.45) is 3.31. The predicted molar refractivity (Wildman–Crippen MR) is 128 cm³/mol. The second kappa shape index (κ2) is 5.95. The number of pyridine rings is 2. The Morgan fingerprint density at radius 1 is 0.900 bits per heavy atom. The monoisotopic (exact) mass is 391 g/mol. The summed E-state index contributed by atoms with van der Waals surface area (Å²) < 4.78 is 4.84. The summed E-state index contributed by atoms with van der Waals surface area (Å²) >= 11 is 0. The Morgan fingerprint density at radius 3 is 2.53 bits per heavy atom. The fourth-order valence-electron chi connectivity index (χ4n) is 5.47. The van der Waals surface area contributed by atoms with Gasteiger partial charge in [-0.15, -0.1) is 0 Å². The average molecular weight is 392 g/mol. The maximum Gasteiger partial charge on any atom is 0.224 e. The van der Waals surface area contributed by atoms with Gasteiger partial charge in [-0.25, -0.2) is 4.57 Å². The predicted octanol–water partition coefficient (Wildman–Crippen LogP) is 6.63. The summed E-state index contributed by atoms with van der Waals surface area (Å²) in [5.74, 6) is 0.649. The van der Waals surface area contributed by atoms with Crippen LogP contribution >= 0.6 is 0 Å². The van der Waals surface area contributed by atoms with Crippen LogP contribution in [0.5, 0.6) is 0 Å². The van der Waals surface area contributed by atoms with Gasteiger partial charge in [-0.1, -0.05) is 38.1 Å². The van der Waals surface area contributed by atoms with E-state index in [1.165, 1.54) is 65.7 Å². The standard InChI is InChI=1S/C28H27N2/c1-16(2)13-19-9-10-21-22-14-17(3)18(4)25-27(22)30(24(21)15-19)23-8-6-7-20-11-12-29(5)28(25)26(20)23/h6-12,14-16H,13H2,1-5H3/q+1. The van der Waals surface area contributed by atoms with Crippen molar-refractivity contribution in [1.29, 1.82) is 0 Å². The van der Waals surface area contributed by atoms with E-state index in [1.807, 2.05) is 0 Å². The molecule has 30 heavy (non-hydrogen) atoms. The molecule has 0 saturated heterocycles. The van der Waals surface area contributed by atoms with Crippen molar-refractivity contribution in [1.82, 2.24) is 4.40 Å². The summed E-state index contributed by atoms with van der Waals surface area (Å²) in [5, 5.41) is 6.77. The molecule has 6 aromatic rings. The number of nitrogens with zero attached hydrogens (tertiary/aromatic N) is 2. The molecule has 0 fully saturated rings. The van der Waals surface area contributed by atoms with Crippen molar-refractivity contribution in [3.05, 3.63) is 71.4 Å². The van der Waals surface area contributed by atoms with E-state index in [2.05, 4.69) is 98.4 Å². The Hall–Kier alpha value is -3.13. The Bertz CT molecular complexity index is 1620. The van der Waals surface area contributed by atoms with E-state index in [9.17, 15) is 0 Å². The van der Waals surface area contributed by atoms with Crippen molar-refractivity contribution in [3.8, 4) is 0 Å². The smallest absolute Gasteiger partial charge is 0.224 e. The van der Waals surface area contributed by atoms with Gasteiger partial charge in [0.2, 0.25) is 5.52 Å². The highest BCUT2D eigenvalue weighted by atomic mass is 15.0. The summed E-state index contributed by atoms with van der Waals surface area (Å²) in [5.41, 5.74) is 9.49. The third-order valence-electron chi connectivity index (χ3n) is 6.90. The maximum absolute atomic E-state index is 2.53. The van der Waals surface area contributed by atoms with Crippen LogP contribution < -0.4 is 4.57 Å². The van der Waals surface area contributed by atoms with Gasteiger partial charge in [-0.05, 0) is 66.5 Å². The van der Waals surface area contributed by atoms with E-state index in [4.69, 9.17) is 0 Å². The van der Waals surface area contributed by atoms with Crippen molar-refractivity contribution >= 4 is 49.0 Å². The quantitative estimate of drug-likeness (QED) is 0.178. The molecule has 148 valence electrons. The topological polar surface area (TPSA) is 8.29 Å². The highest BCUT2D eigenvalue weighted by Gasteiger charge is 2.24. The minimum Gasteiger partial charge on any atom is -0.307 e. The zero-order valence-electron chi connectivity index (χ0n) is 18.4. The largest absolute Gasteiger partial charge is 0.307 e. The third kappa shape index (κ3) is 2.17. The van der Waals surface area contributed by atoms with Crippen LogP contribution in [0.1, 0.15) is 30.5 Å². The molecule has 0 saturated carbocycles. The molecule has 3 aromatic heterocycles. The minimum atomic E-state index is 0.649. The van der Waals surface area contributed by atoms with Gasteiger partial charge in [0.25, 0.3) is 0 Å². The van der Waals surface area contributed by atoms with Crippen LogP contribution in [-0.4, -0.2) is 4.40 Å². The highest BCUT2D eigenvalue weighted by molar-refractivity contribution is 6.26. The first-order valence-corrected chi connectivity index (χ1v) is 10.9. The molecule has 6 rings (SSSR count). The van der Waals surface area contributed by atoms with Crippen molar-refractivity contribution in [2.45, 2.75) is 34.1 Å². The molecule has 0 radical (unpaired) electrons. The van der Waals surface area contributed by atoms with Crippen molar-refractivity contribution in [2.24, 2.45) is 13.0 Å². The van der Waals surface area contributed by atoms with Crippen molar-refractivity contribution < 1.29 is 4.57 Å². The summed E-state index contributed by atoms with van der Waals surface area (Å²) in [6, 6.07) is 18.5. The SMILES string of the molecule is Cc1cc2c3ccc(CC(C)C)cc3n3c4cccc5cc[n+](C)c(c(c1C)c23)c54. The van der Waals surface area contributed by atoms with Gasteiger partial charge >= 0.3 is 0 Å². The zero-order valence-corrected chi connectivity index (χ0v) is 18.4. The Labute approximate surface area is 176 Å². The van der Waals surface area contributed by atoms with Gasteiger partial charge in [0.15, 0.2) is 6.20 Å². The van der Waals surface area contributed by atoms with E-state index in [0.717, 1.165) is 6.42 Å². The Morgan fingerprint density at radius 2 is 1.73 bits per heavy atom. The van der Waals surface area contributed by atoms with Gasteiger partial charge in [0.05, 0.1) is 27.3 Å².